The van der Waals surface area contributed by atoms with Crippen molar-refractivity contribution in [2.75, 3.05) is 5.43 Å². The first-order chi connectivity index (χ1) is 7.39. The van der Waals surface area contributed by atoms with Crippen LogP contribution in [-0.2, 0) is 12.0 Å². The molecule has 88 valence electrons. The van der Waals surface area contributed by atoms with Gasteiger partial charge in [-0.15, -0.1) is 0 Å². The zero-order chi connectivity index (χ0) is 11.9. The fourth-order valence-electron chi connectivity index (χ4n) is 2.08. The van der Waals surface area contributed by atoms with Gasteiger partial charge in [0.2, 0.25) is 0 Å². The number of pyridine rings is 1. The van der Waals surface area contributed by atoms with Crippen LogP contribution in [0.3, 0.4) is 0 Å². The zero-order valence-electron chi connectivity index (χ0n) is 10.8. The fourth-order valence-corrected chi connectivity index (χ4v) is 2.08. The number of hydrazine groups is 1. The SMILES string of the molecule is CC(C)c1nc2c(cc1C(C)(C)C)CNN2. The maximum Gasteiger partial charge on any atom is 0.145 e. The van der Waals surface area contributed by atoms with E-state index in [9.17, 15) is 0 Å². The van der Waals surface area contributed by atoms with Gasteiger partial charge in [0.05, 0.1) is 0 Å². The van der Waals surface area contributed by atoms with Gasteiger partial charge >= 0.3 is 0 Å². The van der Waals surface area contributed by atoms with E-state index in [4.69, 9.17) is 4.98 Å². The van der Waals surface area contributed by atoms with Crippen LogP contribution in [0.1, 0.15) is 57.4 Å². The van der Waals surface area contributed by atoms with Crippen LogP contribution in [0.25, 0.3) is 0 Å². The van der Waals surface area contributed by atoms with Gasteiger partial charge in [-0.25, -0.2) is 10.4 Å². The Balaban J connectivity index is 2.58. The van der Waals surface area contributed by atoms with Crippen LogP contribution < -0.4 is 10.9 Å². The van der Waals surface area contributed by atoms with Crippen LogP contribution in [0.15, 0.2) is 6.07 Å². The molecule has 0 atom stereocenters. The third-order valence-corrected chi connectivity index (χ3v) is 2.97. The second-order valence-electron chi connectivity index (χ2n) is 5.81. The van der Waals surface area contributed by atoms with E-state index in [1.807, 2.05) is 0 Å². The van der Waals surface area contributed by atoms with Crippen molar-refractivity contribution in [2.24, 2.45) is 0 Å². The number of anilines is 1. The van der Waals surface area contributed by atoms with Crippen molar-refractivity contribution in [3.05, 3.63) is 22.9 Å². The molecular weight excluding hydrogens is 198 g/mol. The first kappa shape index (κ1) is 11.4. The average molecular weight is 219 g/mol. The quantitative estimate of drug-likeness (QED) is 0.762. The van der Waals surface area contributed by atoms with Gasteiger partial charge in [-0.3, -0.25) is 0 Å². The Kier molecular flexibility index (Phi) is 2.66. The first-order valence-electron chi connectivity index (χ1n) is 5.93. The van der Waals surface area contributed by atoms with E-state index in [1.54, 1.807) is 0 Å². The van der Waals surface area contributed by atoms with Crippen molar-refractivity contribution in [3.63, 3.8) is 0 Å². The molecular formula is C13H21N3. The summed E-state index contributed by atoms with van der Waals surface area (Å²) in [5.74, 6) is 1.46. The minimum Gasteiger partial charge on any atom is -0.305 e. The van der Waals surface area contributed by atoms with E-state index in [1.165, 1.54) is 16.8 Å². The van der Waals surface area contributed by atoms with Crippen LogP contribution in [0.5, 0.6) is 0 Å². The molecule has 1 aliphatic heterocycles. The van der Waals surface area contributed by atoms with Crippen LogP contribution in [0.4, 0.5) is 5.82 Å². The molecule has 0 saturated carbocycles. The van der Waals surface area contributed by atoms with Crippen molar-refractivity contribution < 1.29 is 0 Å². The van der Waals surface area contributed by atoms with Crippen LogP contribution in [0, 0.1) is 0 Å². The molecule has 0 amide bonds. The Morgan fingerprint density at radius 1 is 1.31 bits per heavy atom. The molecule has 1 aliphatic rings. The van der Waals surface area contributed by atoms with Gasteiger partial charge in [0.25, 0.3) is 0 Å². The van der Waals surface area contributed by atoms with Gasteiger partial charge < -0.3 is 5.43 Å². The molecule has 1 aromatic rings. The summed E-state index contributed by atoms with van der Waals surface area (Å²) >= 11 is 0. The zero-order valence-corrected chi connectivity index (χ0v) is 10.8. The highest BCUT2D eigenvalue weighted by Gasteiger charge is 2.24. The topological polar surface area (TPSA) is 37.0 Å². The predicted molar refractivity (Wildman–Crippen MR) is 67.5 cm³/mol. The number of nitrogens with one attached hydrogen (secondary N) is 2. The predicted octanol–water partition coefficient (Wildman–Crippen LogP) is 2.93. The minimum atomic E-state index is 0.157. The molecule has 2 N–H and O–H groups in total. The molecule has 0 bridgehead atoms. The lowest BCUT2D eigenvalue weighted by Gasteiger charge is -2.24. The molecule has 0 unspecified atom stereocenters. The molecule has 0 saturated heterocycles. The van der Waals surface area contributed by atoms with E-state index in [0.29, 0.717) is 5.92 Å². The second kappa shape index (κ2) is 3.74. The molecule has 3 heteroatoms. The van der Waals surface area contributed by atoms with E-state index < -0.39 is 0 Å². The molecule has 1 aromatic heterocycles. The molecule has 2 rings (SSSR count). The summed E-state index contributed by atoms with van der Waals surface area (Å²) in [7, 11) is 0. The van der Waals surface area contributed by atoms with Gasteiger partial charge in [0.1, 0.15) is 5.82 Å². The fraction of sp³-hybridized carbons (Fsp3) is 0.615. The highest BCUT2D eigenvalue weighted by Crippen LogP contribution is 2.33. The monoisotopic (exact) mass is 219 g/mol. The van der Waals surface area contributed by atoms with Gasteiger partial charge in [0.15, 0.2) is 0 Å². The summed E-state index contributed by atoms with van der Waals surface area (Å²) in [6.45, 7) is 12.0. The standard InChI is InChI=1S/C13H21N3/c1-8(2)11-10(13(3,4)5)6-9-7-14-16-12(9)15-11/h6,8,14H,7H2,1-5H3,(H,15,16). The summed E-state index contributed by atoms with van der Waals surface area (Å²) in [5, 5.41) is 0. The summed E-state index contributed by atoms with van der Waals surface area (Å²) in [5.41, 5.74) is 10.2. The molecule has 0 aliphatic carbocycles. The van der Waals surface area contributed by atoms with E-state index >= 15 is 0 Å². The Hall–Kier alpha value is -1.09. The maximum atomic E-state index is 4.75. The number of nitrogens with zero attached hydrogens (tertiary/aromatic N) is 1. The van der Waals surface area contributed by atoms with Crippen molar-refractivity contribution in [1.82, 2.24) is 10.4 Å². The summed E-state index contributed by atoms with van der Waals surface area (Å²) in [4.78, 5) is 4.75. The molecule has 0 fully saturated rings. The van der Waals surface area contributed by atoms with E-state index in [0.717, 1.165) is 12.4 Å². The van der Waals surface area contributed by atoms with Crippen LogP contribution >= 0.6 is 0 Å². The van der Waals surface area contributed by atoms with E-state index in [2.05, 4.69) is 51.5 Å². The van der Waals surface area contributed by atoms with Crippen molar-refractivity contribution in [3.8, 4) is 0 Å². The van der Waals surface area contributed by atoms with Crippen molar-refractivity contribution in [2.45, 2.75) is 52.5 Å². The van der Waals surface area contributed by atoms with Gasteiger partial charge in [0, 0.05) is 17.8 Å². The Labute approximate surface area is 97.6 Å². The molecule has 0 spiro atoms. The average Bonchev–Trinajstić information content (AvgIpc) is 2.60. The molecule has 16 heavy (non-hydrogen) atoms. The maximum absolute atomic E-state index is 4.75. The molecule has 0 aromatic carbocycles. The largest absolute Gasteiger partial charge is 0.305 e. The lowest BCUT2D eigenvalue weighted by molar-refractivity contribution is 0.570. The van der Waals surface area contributed by atoms with Crippen molar-refractivity contribution in [1.29, 1.82) is 0 Å². The third kappa shape index (κ3) is 1.92. The summed E-state index contributed by atoms with van der Waals surface area (Å²) in [6, 6.07) is 2.30. The van der Waals surface area contributed by atoms with Gasteiger partial charge in [-0.2, -0.15) is 0 Å². The highest BCUT2D eigenvalue weighted by molar-refractivity contribution is 5.51. The second-order valence-corrected chi connectivity index (χ2v) is 5.81. The molecule has 3 nitrogen and oxygen atoms in total. The van der Waals surface area contributed by atoms with Crippen molar-refractivity contribution >= 4 is 5.82 Å². The molecule has 0 radical (unpaired) electrons. The van der Waals surface area contributed by atoms with Crippen LogP contribution in [0.2, 0.25) is 0 Å². The van der Waals surface area contributed by atoms with Crippen LogP contribution in [-0.4, -0.2) is 4.98 Å². The smallest absolute Gasteiger partial charge is 0.145 e. The molecule has 2 heterocycles. The lowest BCUT2D eigenvalue weighted by atomic mass is 9.82. The van der Waals surface area contributed by atoms with Gasteiger partial charge in [-0.05, 0) is 23.0 Å². The number of hydrogen-bond acceptors (Lipinski definition) is 3. The Morgan fingerprint density at radius 3 is 2.56 bits per heavy atom. The number of fused-ring (bicyclic) bond motifs is 1. The third-order valence-electron chi connectivity index (χ3n) is 2.97. The highest BCUT2D eigenvalue weighted by atomic mass is 15.4. The first-order valence-corrected chi connectivity index (χ1v) is 5.93. The normalized spacial score (nSPS) is 15.1. The summed E-state index contributed by atoms with van der Waals surface area (Å²) in [6.07, 6.45) is 0. The lowest BCUT2D eigenvalue weighted by Crippen LogP contribution is -2.17. The number of aromatic nitrogens is 1. The minimum absolute atomic E-state index is 0.157. The van der Waals surface area contributed by atoms with E-state index in [-0.39, 0.29) is 5.41 Å². The Morgan fingerprint density at radius 2 is 2.00 bits per heavy atom. The number of rotatable bonds is 1. The van der Waals surface area contributed by atoms with Gasteiger partial charge in [-0.1, -0.05) is 34.6 Å². The Bertz CT molecular complexity index is 402. The number of hydrogen-bond donors (Lipinski definition) is 2. The summed E-state index contributed by atoms with van der Waals surface area (Å²) < 4.78 is 0.